The van der Waals surface area contributed by atoms with Gasteiger partial charge in [0.2, 0.25) is 0 Å². The van der Waals surface area contributed by atoms with Crippen LogP contribution in [0.3, 0.4) is 0 Å². The van der Waals surface area contributed by atoms with Gasteiger partial charge in [0.25, 0.3) is 5.91 Å². The molecule has 0 heterocycles. The molecule has 3 aromatic rings. The molecule has 0 spiro atoms. The highest BCUT2D eigenvalue weighted by Crippen LogP contribution is 2.44. The molecule has 178 valence electrons. The van der Waals surface area contributed by atoms with Gasteiger partial charge < -0.3 is 24.6 Å². The number of rotatable bonds is 9. The zero-order valence-electron chi connectivity index (χ0n) is 18.7. The Labute approximate surface area is 207 Å². The molecule has 0 aliphatic heterocycles. The van der Waals surface area contributed by atoms with E-state index in [0.717, 1.165) is 5.56 Å². The molecule has 0 aliphatic rings. The van der Waals surface area contributed by atoms with Crippen LogP contribution in [0.4, 0.5) is 0 Å². The molecule has 0 radical (unpaired) electrons. The summed E-state index contributed by atoms with van der Waals surface area (Å²) in [6, 6.07) is 14.2. The van der Waals surface area contributed by atoms with Crippen molar-refractivity contribution >= 4 is 35.1 Å². The van der Waals surface area contributed by atoms with Crippen molar-refractivity contribution in [3.05, 3.63) is 75.8 Å². The molecule has 0 saturated heterocycles. The first-order valence-electron chi connectivity index (χ1n) is 10.2. The number of methoxy groups -OCH3 is 3. The van der Waals surface area contributed by atoms with Crippen LogP contribution in [-0.4, -0.2) is 44.4 Å². The second-order valence-corrected chi connectivity index (χ2v) is 8.05. The lowest BCUT2D eigenvalue weighted by molar-refractivity contribution is -0.139. The van der Waals surface area contributed by atoms with E-state index in [1.165, 1.54) is 12.1 Å². The molecule has 9 heteroatoms. The molecule has 3 rings (SSSR count). The molecule has 0 unspecified atom stereocenters. The molecule has 3 aromatic carbocycles. The number of hydrogen-bond donors (Lipinski definition) is 2. The molecule has 2 N–H and O–H groups in total. The number of carboxylic acid groups (broad SMARTS) is 1. The van der Waals surface area contributed by atoms with Crippen LogP contribution in [-0.2, 0) is 11.2 Å². The number of hydrogen-bond acceptors (Lipinski definition) is 5. The fourth-order valence-electron chi connectivity index (χ4n) is 3.54. The first-order chi connectivity index (χ1) is 16.3. The van der Waals surface area contributed by atoms with Crippen LogP contribution < -0.4 is 19.5 Å². The molecule has 34 heavy (non-hydrogen) atoms. The summed E-state index contributed by atoms with van der Waals surface area (Å²) in [4.78, 5) is 24.5. The van der Waals surface area contributed by atoms with Gasteiger partial charge in [-0.3, -0.25) is 4.79 Å². The van der Waals surface area contributed by atoms with E-state index in [4.69, 9.17) is 37.4 Å². The Morgan fingerprint density at radius 2 is 1.47 bits per heavy atom. The number of carbonyl (C=O) groups is 2. The summed E-state index contributed by atoms with van der Waals surface area (Å²) in [6.07, 6.45) is 0.0514. The number of ether oxygens (including phenoxy) is 3. The van der Waals surface area contributed by atoms with Gasteiger partial charge in [-0.15, -0.1) is 0 Å². The maximum atomic E-state index is 12.6. The Bertz CT molecular complexity index is 1180. The summed E-state index contributed by atoms with van der Waals surface area (Å²) >= 11 is 12.1. The van der Waals surface area contributed by atoms with Crippen LogP contribution in [0.25, 0.3) is 11.1 Å². The van der Waals surface area contributed by atoms with Gasteiger partial charge in [-0.1, -0.05) is 53.5 Å². The number of carbonyl (C=O) groups excluding carboxylic acids is 1. The molecule has 1 atom stereocenters. The van der Waals surface area contributed by atoms with Gasteiger partial charge in [-0.25, -0.2) is 4.79 Å². The van der Waals surface area contributed by atoms with Crippen molar-refractivity contribution in [3.8, 4) is 28.4 Å². The number of carboxylic acids is 1. The van der Waals surface area contributed by atoms with Crippen molar-refractivity contribution in [3.63, 3.8) is 0 Å². The Kier molecular flexibility index (Phi) is 8.26. The average molecular weight is 504 g/mol. The van der Waals surface area contributed by atoms with Crippen LogP contribution in [0.15, 0.2) is 54.6 Å². The minimum absolute atomic E-state index is 0.0321. The Balaban J connectivity index is 1.86. The second-order valence-electron chi connectivity index (χ2n) is 7.24. The standard InChI is InChI=1S/C25H23Cl2NO6/c1-32-19-11-12-20(33-2)23(34-3)21(19)15-9-7-14(8-10-15)13-18(25(30)31)28-24(29)22-16(26)5-4-6-17(22)27/h4-12,18H,13H2,1-3H3,(H,28,29)(H,30,31)/t18-/m0/s1. The fourth-order valence-corrected chi connectivity index (χ4v) is 4.11. The first-order valence-corrected chi connectivity index (χ1v) is 10.9. The van der Waals surface area contributed by atoms with Crippen molar-refractivity contribution in [2.24, 2.45) is 0 Å². The third-order valence-electron chi connectivity index (χ3n) is 5.20. The fraction of sp³-hybridized carbons (Fsp3) is 0.200. The lowest BCUT2D eigenvalue weighted by atomic mass is 9.98. The smallest absolute Gasteiger partial charge is 0.326 e. The first kappa shape index (κ1) is 25.2. The van der Waals surface area contributed by atoms with Crippen LogP contribution >= 0.6 is 23.2 Å². The lowest BCUT2D eigenvalue weighted by Crippen LogP contribution is -2.42. The topological polar surface area (TPSA) is 94.1 Å². The molecule has 1 amide bonds. The molecule has 0 aliphatic carbocycles. The summed E-state index contributed by atoms with van der Waals surface area (Å²) in [5.74, 6) is -0.184. The van der Waals surface area contributed by atoms with Gasteiger partial charge in [0.05, 0.1) is 42.5 Å². The molecule has 0 aromatic heterocycles. The number of aliphatic carboxylic acids is 1. The summed E-state index contributed by atoms with van der Waals surface area (Å²) in [6.45, 7) is 0. The minimum atomic E-state index is -1.19. The number of amides is 1. The number of halogens is 2. The van der Waals surface area contributed by atoms with E-state index >= 15 is 0 Å². The van der Waals surface area contributed by atoms with E-state index in [1.54, 1.807) is 51.7 Å². The third-order valence-corrected chi connectivity index (χ3v) is 5.83. The summed E-state index contributed by atoms with van der Waals surface area (Å²) in [5.41, 5.74) is 2.22. The molecule has 0 bridgehead atoms. The second kappa shape index (κ2) is 11.1. The quantitative estimate of drug-likeness (QED) is 0.421. The Hall–Kier alpha value is -3.42. The highest BCUT2D eigenvalue weighted by molar-refractivity contribution is 6.39. The van der Waals surface area contributed by atoms with Gasteiger partial charge in [0.1, 0.15) is 11.8 Å². The molecular weight excluding hydrogens is 481 g/mol. The largest absolute Gasteiger partial charge is 0.496 e. The maximum absolute atomic E-state index is 12.6. The summed E-state index contributed by atoms with van der Waals surface area (Å²) in [7, 11) is 4.65. The SMILES string of the molecule is COc1ccc(OC)c(-c2ccc(C[C@H](NC(=O)c3c(Cl)cccc3Cl)C(=O)O)cc2)c1OC. The highest BCUT2D eigenvalue weighted by atomic mass is 35.5. The number of benzene rings is 3. The minimum Gasteiger partial charge on any atom is -0.496 e. The molecule has 0 saturated carbocycles. The third kappa shape index (κ3) is 5.38. The number of nitrogens with one attached hydrogen (secondary N) is 1. The van der Waals surface area contributed by atoms with Gasteiger partial charge in [-0.05, 0) is 35.4 Å². The van der Waals surface area contributed by atoms with Crippen LogP contribution in [0, 0.1) is 0 Å². The van der Waals surface area contributed by atoms with Crippen molar-refractivity contribution < 1.29 is 28.9 Å². The van der Waals surface area contributed by atoms with E-state index < -0.39 is 17.9 Å². The zero-order chi connectivity index (χ0) is 24.8. The van der Waals surface area contributed by atoms with Crippen molar-refractivity contribution in [2.75, 3.05) is 21.3 Å². The predicted octanol–water partition coefficient (Wildman–Crippen LogP) is 5.11. The molecule has 0 fully saturated rings. The monoisotopic (exact) mass is 503 g/mol. The van der Waals surface area contributed by atoms with Gasteiger partial charge >= 0.3 is 5.97 Å². The summed E-state index contributed by atoms with van der Waals surface area (Å²) in [5, 5.41) is 12.4. The van der Waals surface area contributed by atoms with E-state index in [1.807, 2.05) is 12.1 Å². The van der Waals surface area contributed by atoms with Crippen molar-refractivity contribution in [1.29, 1.82) is 0 Å². The van der Waals surface area contributed by atoms with E-state index in [9.17, 15) is 14.7 Å². The molecular formula is C25H23Cl2NO6. The molecule has 7 nitrogen and oxygen atoms in total. The Morgan fingerprint density at radius 3 is 2.00 bits per heavy atom. The average Bonchev–Trinajstić information content (AvgIpc) is 2.82. The highest BCUT2D eigenvalue weighted by Gasteiger charge is 2.24. The lowest BCUT2D eigenvalue weighted by Gasteiger charge is -2.18. The predicted molar refractivity (Wildman–Crippen MR) is 131 cm³/mol. The normalized spacial score (nSPS) is 11.4. The van der Waals surface area contributed by atoms with E-state index in [-0.39, 0.29) is 22.0 Å². The van der Waals surface area contributed by atoms with Gasteiger partial charge in [-0.2, -0.15) is 0 Å². The van der Waals surface area contributed by atoms with Crippen LogP contribution in [0.1, 0.15) is 15.9 Å². The Morgan fingerprint density at radius 1 is 0.882 bits per heavy atom. The van der Waals surface area contributed by atoms with E-state index in [2.05, 4.69) is 5.32 Å². The van der Waals surface area contributed by atoms with Crippen molar-refractivity contribution in [2.45, 2.75) is 12.5 Å². The van der Waals surface area contributed by atoms with Crippen LogP contribution in [0.2, 0.25) is 10.0 Å². The van der Waals surface area contributed by atoms with Crippen molar-refractivity contribution in [1.82, 2.24) is 5.32 Å². The van der Waals surface area contributed by atoms with Gasteiger partial charge in [0.15, 0.2) is 11.5 Å². The van der Waals surface area contributed by atoms with Gasteiger partial charge in [0, 0.05) is 6.42 Å². The van der Waals surface area contributed by atoms with E-state index in [0.29, 0.717) is 28.4 Å². The maximum Gasteiger partial charge on any atom is 0.326 e. The summed E-state index contributed by atoms with van der Waals surface area (Å²) < 4.78 is 16.4. The zero-order valence-corrected chi connectivity index (χ0v) is 20.2. The van der Waals surface area contributed by atoms with Crippen LogP contribution in [0.5, 0.6) is 17.2 Å².